The normalized spacial score (nSPS) is 10.5. The summed E-state index contributed by atoms with van der Waals surface area (Å²) in [6, 6.07) is 3.03. The Hall–Kier alpha value is -1.07. The smallest absolute Gasteiger partial charge is 0.258 e. The summed E-state index contributed by atoms with van der Waals surface area (Å²) in [5, 5.41) is 11.4. The first-order chi connectivity index (χ1) is 8.91. The van der Waals surface area contributed by atoms with Gasteiger partial charge in [-0.25, -0.2) is 0 Å². The molecule has 0 spiro atoms. The molecule has 0 bridgehead atoms. The minimum atomic E-state index is -0.613. The van der Waals surface area contributed by atoms with Gasteiger partial charge in [-0.1, -0.05) is 46.4 Å². The van der Waals surface area contributed by atoms with E-state index in [0.29, 0.717) is 11.1 Å². The standard InChI is InChI=1S/C11H4Cl4N2O2/c12-7-1-5(2-8(13)11(7)15)6-3-16-4-9(10(6)14)17(18)19/h1-4H. The maximum Gasteiger partial charge on any atom is 0.306 e. The van der Waals surface area contributed by atoms with Crippen molar-refractivity contribution < 1.29 is 4.92 Å². The number of nitro groups is 1. The lowest BCUT2D eigenvalue weighted by molar-refractivity contribution is -0.385. The van der Waals surface area contributed by atoms with E-state index < -0.39 is 4.92 Å². The molecular weight excluding hydrogens is 334 g/mol. The predicted molar refractivity (Wildman–Crippen MR) is 76.4 cm³/mol. The summed E-state index contributed by atoms with van der Waals surface area (Å²) < 4.78 is 0. The predicted octanol–water partition coefficient (Wildman–Crippen LogP) is 5.27. The maximum absolute atomic E-state index is 10.8. The molecule has 0 saturated heterocycles. The van der Waals surface area contributed by atoms with Gasteiger partial charge < -0.3 is 0 Å². The van der Waals surface area contributed by atoms with Gasteiger partial charge in [0.25, 0.3) is 0 Å². The summed E-state index contributed by atoms with van der Waals surface area (Å²) in [6.07, 6.45) is 2.47. The SMILES string of the molecule is O=[N+]([O-])c1cncc(-c2cc(Cl)c(Cl)c(Cl)c2)c1Cl. The molecule has 1 heterocycles. The van der Waals surface area contributed by atoms with Crippen LogP contribution >= 0.6 is 46.4 Å². The van der Waals surface area contributed by atoms with Crippen molar-refractivity contribution in [2.45, 2.75) is 0 Å². The van der Waals surface area contributed by atoms with E-state index in [1.165, 1.54) is 18.3 Å². The third kappa shape index (κ3) is 2.77. The largest absolute Gasteiger partial charge is 0.306 e. The molecule has 2 aromatic rings. The highest BCUT2D eigenvalue weighted by Gasteiger charge is 2.18. The van der Waals surface area contributed by atoms with Crippen LogP contribution in [0.2, 0.25) is 20.1 Å². The Morgan fingerprint density at radius 3 is 2.11 bits per heavy atom. The van der Waals surface area contributed by atoms with E-state index in [9.17, 15) is 10.1 Å². The second kappa shape index (κ2) is 5.51. The molecule has 0 atom stereocenters. The van der Waals surface area contributed by atoms with Gasteiger partial charge in [0.05, 0.1) is 20.0 Å². The maximum atomic E-state index is 10.8. The summed E-state index contributed by atoms with van der Waals surface area (Å²) >= 11 is 23.6. The Labute approximate surface area is 128 Å². The van der Waals surface area contributed by atoms with Gasteiger partial charge in [0.15, 0.2) is 0 Å². The molecule has 4 nitrogen and oxygen atoms in total. The average Bonchev–Trinajstić information content (AvgIpc) is 2.35. The third-order valence-corrected chi connectivity index (χ3v) is 3.95. The van der Waals surface area contributed by atoms with Crippen molar-refractivity contribution >= 4 is 52.1 Å². The topological polar surface area (TPSA) is 56.0 Å². The van der Waals surface area contributed by atoms with Crippen LogP contribution in [0.4, 0.5) is 5.69 Å². The van der Waals surface area contributed by atoms with Crippen LogP contribution < -0.4 is 0 Å². The quantitative estimate of drug-likeness (QED) is 0.426. The molecule has 0 aliphatic carbocycles. The van der Waals surface area contributed by atoms with Crippen molar-refractivity contribution in [2.24, 2.45) is 0 Å². The summed E-state index contributed by atoms with van der Waals surface area (Å²) in [6.45, 7) is 0. The van der Waals surface area contributed by atoms with Crippen LogP contribution in [0, 0.1) is 10.1 Å². The third-order valence-electron chi connectivity index (χ3n) is 2.35. The molecule has 0 saturated carbocycles. The van der Waals surface area contributed by atoms with Crippen molar-refractivity contribution in [1.29, 1.82) is 0 Å². The Kier molecular flexibility index (Phi) is 4.16. The fourth-order valence-corrected chi connectivity index (χ4v) is 2.35. The number of nitrogens with zero attached hydrogens (tertiary/aromatic N) is 2. The molecule has 0 radical (unpaired) electrons. The van der Waals surface area contributed by atoms with Crippen LogP contribution in [0.5, 0.6) is 0 Å². The lowest BCUT2D eigenvalue weighted by Gasteiger charge is -2.07. The highest BCUT2D eigenvalue weighted by atomic mass is 35.5. The molecule has 0 aliphatic heterocycles. The van der Waals surface area contributed by atoms with Gasteiger partial charge >= 0.3 is 5.69 Å². The summed E-state index contributed by atoms with van der Waals surface area (Å²) in [7, 11) is 0. The number of aromatic nitrogens is 1. The summed E-state index contributed by atoms with van der Waals surface area (Å²) in [5.74, 6) is 0. The Morgan fingerprint density at radius 1 is 1.00 bits per heavy atom. The van der Waals surface area contributed by atoms with Crippen molar-refractivity contribution in [3.63, 3.8) is 0 Å². The van der Waals surface area contributed by atoms with Crippen molar-refractivity contribution in [3.8, 4) is 11.1 Å². The van der Waals surface area contributed by atoms with Gasteiger partial charge in [0.1, 0.15) is 11.2 Å². The molecule has 0 aliphatic rings. The van der Waals surface area contributed by atoms with Crippen LogP contribution in [0.1, 0.15) is 0 Å². The van der Waals surface area contributed by atoms with Gasteiger partial charge in [-0.05, 0) is 17.7 Å². The molecule has 8 heteroatoms. The number of pyridine rings is 1. The Bertz CT molecular complexity index is 653. The van der Waals surface area contributed by atoms with Gasteiger partial charge in [-0.2, -0.15) is 0 Å². The highest BCUT2D eigenvalue weighted by Crippen LogP contribution is 2.39. The number of halogens is 4. The van der Waals surface area contributed by atoms with E-state index in [1.54, 1.807) is 0 Å². The molecule has 19 heavy (non-hydrogen) atoms. The number of hydrogen-bond donors (Lipinski definition) is 0. The van der Waals surface area contributed by atoms with Gasteiger partial charge in [0, 0.05) is 11.8 Å². The number of hydrogen-bond acceptors (Lipinski definition) is 3. The molecule has 98 valence electrons. The molecular formula is C11H4Cl4N2O2. The van der Waals surface area contributed by atoms with E-state index >= 15 is 0 Å². The van der Waals surface area contributed by atoms with Gasteiger partial charge in [-0.3, -0.25) is 15.1 Å². The van der Waals surface area contributed by atoms with Crippen LogP contribution in [0.3, 0.4) is 0 Å². The minimum Gasteiger partial charge on any atom is -0.258 e. The molecule has 2 rings (SSSR count). The average molecular weight is 338 g/mol. The Morgan fingerprint density at radius 2 is 1.58 bits per heavy atom. The zero-order valence-corrected chi connectivity index (χ0v) is 12.1. The van der Waals surface area contributed by atoms with Gasteiger partial charge in [0.2, 0.25) is 0 Å². The monoisotopic (exact) mass is 336 g/mol. The van der Waals surface area contributed by atoms with E-state index in [1.807, 2.05) is 0 Å². The lowest BCUT2D eigenvalue weighted by atomic mass is 10.1. The van der Waals surface area contributed by atoms with Crippen LogP contribution in [-0.2, 0) is 0 Å². The van der Waals surface area contributed by atoms with E-state index in [2.05, 4.69) is 4.98 Å². The molecule has 0 fully saturated rings. The Balaban J connectivity index is 2.66. The van der Waals surface area contributed by atoms with E-state index in [-0.39, 0.29) is 25.8 Å². The van der Waals surface area contributed by atoms with Crippen LogP contribution in [-0.4, -0.2) is 9.91 Å². The lowest BCUT2D eigenvalue weighted by Crippen LogP contribution is -1.93. The fourth-order valence-electron chi connectivity index (χ4n) is 1.47. The van der Waals surface area contributed by atoms with Crippen LogP contribution in [0.15, 0.2) is 24.5 Å². The number of benzene rings is 1. The molecule has 1 aromatic carbocycles. The van der Waals surface area contributed by atoms with Crippen LogP contribution in [0.25, 0.3) is 11.1 Å². The highest BCUT2D eigenvalue weighted by molar-refractivity contribution is 6.48. The van der Waals surface area contributed by atoms with E-state index in [0.717, 1.165) is 6.20 Å². The zero-order chi connectivity index (χ0) is 14.2. The molecule has 1 aromatic heterocycles. The first-order valence-corrected chi connectivity index (χ1v) is 6.35. The van der Waals surface area contributed by atoms with E-state index in [4.69, 9.17) is 46.4 Å². The van der Waals surface area contributed by atoms with Gasteiger partial charge in [-0.15, -0.1) is 0 Å². The second-order valence-corrected chi connectivity index (χ2v) is 5.10. The molecule has 0 N–H and O–H groups in total. The molecule has 0 amide bonds. The first kappa shape index (κ1) is 14.3. The van der Waals surface area contributed by atoms with Crippen molar-refractivity contribution in [3.05, 3.63) is 54.7 Å². The molecule has 0 unspecified atom stereocenters. The minimum absolute atomic E-state index is 0.0329. The summed E-state index contributed by atoms with van der Waals surface area (Å²) in [4.78, 5) is 14.0. The number of rotatable bonds is 2. The second-order valence-electron chi connectivity index (χ2n) is 3.53. The summed E-state index contributed by atoms with van der Waals surface area (Å²) in [5.41, 5.74) is 0.568. The van der Waals surface area contributed by atoms with Crippen molar-refractivity contribution in [1.82, 2.24) is 4.98 Å². The first-order valence-electron chi connectivity index (χ1n) is 4.84. The van der Waals surface area contributed by atoms with Crippen molar-refractivity contribution in [2.75, 3.05) is 0 Å². The fraction of sp³-hybridized carbons (Fsp3) is 0. The zero-order valence-electron chi connectivity index (χ0n) is 9.03.